The van der Waals surface area contributed by atoms with Crippen LogP contribution in [0.1, 0.15) is 10.4 Å². The highest BCUT2D eigenvalue weighted by molar-refractivity contribution is 6.03. The molecule has 2 rings (SSSR count). The van der Waals surface area contributed by atoms with Crippen molar-refractivity contribution < 1.29 is 9.18 Å². The number of amides is 1. The molecule has 0 saturated heterocycles. The molecule has 0 radical (unpaired) electrons. The first kappa shape index (κ1) is 10.3. The van der Waals surface area contributed by atoms with Crippen LogP contribution in [0.2, 0.25) is 0 Å². The van der Waals surface area contributed by atoms with Crippen LogP contribution in [0.25, 0.3) is 0 Å². The van der Waals surface area contributed by atoms with Crippen molar-refractivity contribution in [3.8, 4) is 0 Å². The maximum atomic E-state index is 13.2. The van der Waals surface area contributed by atoms with Gasteiger partial charge in [-0.25, -0.2) is 4.39 Å². The van der Waals surface area contributed by atoms with Gasteiger partial charge in [0.25, 0.3) is 5.91 Å². The fourth-order valence-electron chi connectivity index (χ4n) is 1.23. The van der Waals surface area contributed by atoms with Gasteiger partial charge in [0.2, 0.25) is 0 Å². The van der Waals surface area contributed by atoms with Crippen molar-refractivity contribution in [2.45, 2.75) is 0 Å². The minimum Gasteiger partial charge on any atom is -0.304 e. The van der Waals surface area contributed by atoms with Gasteiger partial charge in [0.1, 0.15) is 5.82 Å². The SMILES string of the molecule is Cn1cc(NC(=O)c2ccccc2F)nn1. The number of hydrogen-bond acceptors (Lipinski definition) is 3. The summed E-state index contributed by atoms with van der Waals surface area (Å²) in [7, 11) is 1.67. The minimum absolute atomic E-state index is 0.0202. The summed E-state index contributed by atoms with van der Waals surface area (Å²) in [5, 5.41) is 9.76. The summed E-state index contributed by atoms with van der Waals surface area (Å²) in [5.41, 5.74) is -0.0202. The van der Waals surface area contributed by atoms with Gasteiger partial charge >= 0.3 is 0 Å². The molecule has 0 bridgehead atoms. The maximum Gasteiger partial charge on any atom is 0.259 e. The zero-order valence-corrected chi connectivity index (χ0v) is 8.51. The van der Waals surface area contributed by atoms with Crippen LogP contribution in [-0.4, -0.2) is 20.9 Å². The molecule has 0 aliphatic heterocycles. The fourth-order valence-corrected chi connectivity index (χ4v) is 1.23. The number of rotatable bonds is 2. The van der Waals surface area contributed by atoms with Crippen LogP contribution in [0.15, 0.2) is 30.5 Å². The normalized spacial score (nSPS) is 10.1. The third-order valence-electron chi connectivity index (χ3n) is 1.96. The van der Waals surface area contributed by atoms with Crippen LogP contribution in [0.3, 0.4) is 0 Å². The molecule has 0 unspecified atom stereocenters. The number of benzene rings is 1. The van der Waals surface area contributed by atoms with Gasteiger partial charge in [-0.3, -0.25) is 9.48 Å². The molecule has 1 N–H and O–H groups in total. The van der Waals surface area contributed by atoms with E-state index in [0.717, 1.165) is 0 Å². The number of aromatic nitrogens is 3. The van der Waals surface area contributed by atoms with Crippen molar-refractivity contribution >= 4 is 11.7 Å². The number of halogens is 1. The van der Waals surface area contributed by atoms with E-state index in [4.69, 9.17) is 0 Å². The highest BCUT2D eigenvalue weighted by atomic mass is 19.1. The standard InChI is InChI=1S/C10H9FN4O/c1-15-6-9(13-14-15)12-10(16)7-4-2-3-5-8(7)11/h2-6H,1H3,(H,12,16). The smallest absolute Gasteiger partial charge is 0.259 e. The predicted octanol–water partition coefficient (Wildman–Crippen LogP) is 1.21. The molecule has 2 aromatic rings. The molecule has 0 aliphatic carbocycles. The van der Waals surface area contributed by atoms with E-state index in [0.29, 0.717) is 0 Å². The van der Waals surface area contributed by atoms with Crippen LogP contribution in [0.5, 0.6) is 0 Å². The van der Waals surface area contributed by atoms with E-state index >= 15 is 0 Å². The van der Waals surface area contributed by atoms with E-state index in [9.17, 15) is 9.18 Å². The number of nitrogens with one attached hydrogen (secondary N) is 1. The zero-order chi connectivity index (χ0) is 11.5. The van der Waals surface area contributed by atoms with E-state index < -0.39 is 11.7 Å². The lowest BCUT2D eigenvalue weighted by Gasteiger charge is -2.01. The Kier molecular flexibility index (Phi) is 2.63. The number of hydrogen-bond donors (Lipinski definition) is 1. The third-order valence-corrected chi connectivity index (χ3v) is 1.96. The molecule has 0 saturated carbocycles. The van der Waals surface area contributed by atoms with Crippen molar-refractivity contribution in [3.63, 3.8) is 0 Å². The topological polar surface area (TPSA) is 59.8 Å². The first-order chi connectivity index (χ1) is 7.66. The van der Waals surface area contributed by atoms with Gasteiger partial charge in [0, 0.05) is 7.05 Å². The molecule has 0 fully saturated rings. The Hall–Kier alpha value is -2.24. The Morgan fingerprint density at radius 2 is 2.19 bits per heavy atom. The van der Waals surface area contributed by atoms with Crippen molar-refractivity contribution in [1.82, 2.24) is 15.0 Å². The van der Waals surface area contributed by atoms with Crippen molar-refractivity contribution in [2.75, 3.05) is 5.32 Å². The zero-order valence-electron chi connectivity index (χ0n) is 8.51. The molecular formula is C10H9FN4O. The minimum atomic E-state index is -0.566. The van der Waals surface area contributed by atoms with Crippen molar-refractivity contribution in [3.05, 3.63) is 41.8 Å². The lowest BCUT2D eigenvalue weighted by atomic mass is 10.2. The van der Waals surface area contributed by atoms with Crippen LogP contribution in [0.4, 0.5) is 10.2 Å². The first-order valence-corrected chi connectivity index (χ1v) is 4.59. The number of aryl methyl sites for hydroxylation is 1. The molecule has 5 nitrogen and oxygen atoms in total. The Bertz CT molecular complexity index is 523. The average molecular weight is 220 g/mol. The van der Waals surface area contributed by atoms with Crippen LogP contribution in [-0.2, 0) is 7.05 Å². The van der Waals surface area contributed by atoms with Gasteiger partial charge in [-0.1, -0.05) is 17.3 Å². The summed E-state index contributed by atoms with van der Waals surface area (Å²) in [6.07, 6.45) is 1.53. The second kappa shape index (κ2) is 4.09. The molecule has 0 atom stereocenters. The summed E-state index contributed by atoms with van der Waals surface area (Å²) in [6.45, 7) is 0. The first-order valence-electron chi connectivity index (χ1n) is 4.59. The quantitative estimate of drug-likeness (QED) is 0.827. The Morgan fingerprint density at radius 1 is 1.44 bits per heavy atom. The van der Waals surface area contributed by atoms with Gasteiger partial charge < -0.3 is 5.32 Å². The van der Waals surface area contributed by atoms with Crippen LogP contribution in [0, 0.1) is 5.82 Å². The van der Waals surface area contributed by atoms with Gasteiger partial charge in [-0.15, -0.1) is 5.10 Å². The second-order valence-electron chi connectivity index (χ2n) is 3.21. The van der Waals surface area contributed by atoms with Gasteiger partial charge in [0.05, 0.1) is 11.8 Å². The van der Waals surface area contributed by atoms with E-state index in [-0.39, 0.29) is 11.4 Å². The van der Waals surface area contributed by atoms with Gasteiger partial charge in [0.15, 0.2) is 5.82 Å². The highest BCUT2D eigenvalue weighted by Crippen LogP contribution is 2.09. The Balaban J connectivity index is 2.18. The lowest BCUT2D eigenvalue weighted by molar-refractivity contribution is 0.102. The summed E-state index contributed by atoms with van der Waals surface area (Å²) >= 11 is 0. The monoisotopic (exact) mass is 220 g/mol. The van der Waals surface area contributed by atoms with E-state index in [1.807, 2.05) is 0 Å². The molecule has 1 aromatic heterocycles. The van der Waals surface area contributed by atoms with Crippen molar-refractivity contribution in [2.24, 2.45) is 7.05 Å². The summed E-state index contributed by atoms with van der Waals surface area (Å²) in [4.78, 5) is 11.6. The number of carbonyl (C=O) groups excluding carboxylic acids is 1. The van der Waals surface area contributed by atoms with E-state index in [2.05, 4.69) is 15.6 Å². The van der Waals surface area contributed by atoms with Crippen LogP contribution < -0.4 is 5.32 Å². The van der Waals surface area contributed by atoms with E-state index in [1.165, 1.54) is 29.1 Å². The lowest BCUT2D eigenvalue weighted by Crippen LogP contribution is -2.13. The largest absolute Gasteiger partial charge is 0.304 e. The Labute approximate surface area is 90.9 Å². The average Bonchev–Trinajstić information content (AvgIpc) is 2.64. The number of carbonyl (C=O) groups is 1. The molecular weight excluding hydrogens is 211 g/mol. The van der Waals surface area contributed by atoms with Crippen LogP contribution >= 0.6 is 0 Å². The summed E-state index contributed by atoms with van der Waals surface area (Å²) in [5.74, 6) is -0.821. The summed E-state index contributed by atoms with van der Waals surface area (Å²) < 4.78 is 14.7. The second-order valence-corrected chi connectivity index (χ2v) is 3.21. The molecule has 1 amide bonds. The number of anilines is 1. The van der Waals surface area contributed by atoms with Gasteiger partial charge in [-0.2, -0.15) is 0 Å². The molecule has 0 aliphatic rings. The maximum absolute atomic E-state index is 13.2. The van der Waals surface area contributed by atoms with Crippen molar-refractivity contribution in [1.29, 1.82) is 0 Å². The molecule has 0 spiro atoms. The summed E-state index contributed by atoms with van der Waals surface area (Å²) in [6, 6.07) is 5.75. The van der Waals surface area contributed by atoms with E-state index in [1.54, 1.807) is 13.1 Å². The molecule has 6 heteroatoms. The molecule has 1 heterocycles. The fraction of sp³-hybridized carbons (Fsp3) is 0.100. The molecule has 82 valence electrons. The highest BCUT2D eigenvalue weighted by Gasteiger charge is 2.11. The number of nitrogens with zero attached hydrogens (tertiary/aromatic N) is 3. The van der Waals surface area contributed by atoms with Gasteiger partial charge in [-0.05, 0) is 12.1 Å². The molecule has 1 aromatic carbocycles. The third kappa shape index (κ3) is 2.05. The molecule has 16 heavy (non-hydrogen) atoms. The Morgan fingerprint density at radius 3 is 2.81 bits per heavy atom. The predicted molar refractivity (Wildman–Crippen MR) is 55.4 cm³/mol.